The van der Waals surface area contributed by atoms with Gasteiger partial charge in [-0.25, -0.2) is 9.59 Å². The highest BCUT2D eigenvalue weighted by atomic mass is 16.5. The molecular formula is C22H24O4. The SMILES string of the molecule is C=CC(=O)OCC(C)c1ccc(C2=CC=C(OC(=O)C(=C)C)CC2)cc1. The van der Waals surface area contributed by atoms with E-state index in [9.17, 15) is 9.59 Å². The maximum absolute atomic E-state index is 11.6. The van der Waals surface area contributed by atoms with Crippen LogP contribution in [0.2, 0.25) is 0 Å². The Morgan fingerprint density at radius 2 is 1.88 bits per heavy atom. The van der Waals surface area contributed by atoms with Gasteiger partial charge < -0.3 is 9.47 Å². The zero-order chi connectivity index (χ0) is 19.1. The molecule has 4 nitrogen and oxygen atoms in total. The number of esters is 2. The second-order valence-electron chi connectivity index (χ2n) is 6.35. The molecule has 136 valence electrons. The van der Waals surface area contributed by atoms with Crippen molar-refractivity contribution in [3.8, 4) is 0 Å². The second-order valence-corrected chi connectivity index (χ2v) is 6.35. The van der Waals surface area contributed by atoms with E-state index >= 15 is 0 Å². The molecule has 1 aromatic carbocycles. The highest BCUT2D eigenvalue weighted by Gasteiger charge is 2.14. The quantitative estimate of drug-likeness (QED) is 0.527. The molecule has 0 fully saturated rings. The van der Waals surface area contributed by atoms with Gasteiger partial charge in [-0.2, -0.15) is 0 Å². The molecule has 0 N–H and O–H groups in total. The van der Waals surface area contributed by atoms with Gasteiger partial charge in [0.25, 0.3) is 0 Å². The van der Waals surface area contributed by atoms with E-state index in [2.05, 4.69) is 25.3 Å². The first-order valence-corrected chi connectivity index (χ1v) is 8.57. The molecule has 0 saturated heterocycles. The standard InChI is InChI=1S/C22H24O4/c1-5-21(23)25-14-16(4)17-6-8-18(9-7-17)19-10-12-20(13-11-19)26-22(24)15(2)3/h5-10,12,16H,1-2,11,13-14H2,3-4H3. The van der Waals surface area contributed by atoms with E-state index in [1.165, 1.54) is 11.6 Å². The predicted molar refractivity (Wildman–Crippen MR) is 102 cm³/mol. The number of hydrogen-bond acceptors (Lipinski definition) is 4. The van der Waals surface area contributed by atoms with E-state index in [0.717, 1.165) is 17.5 Å². The molecule has 1 aliphatic carbocycles. The number of allylic oxidation sites excluding steroid dienone is 4. The van der Waals surface area contributed by atoms with E-state index in [4.69, 9.17) is 9.47 Å². The van der Waals surface area contributed by atoms with E-state index in [0.29, 0.717) is 24.4 Å². The molecule has 2 rings (SSSR count). The van der Waals surface area contributed by atoms with Crippen molar-refractivity contribution in [2.45, 2.75) is 32.6 Å². The van der Waals surface area contributed by atoms with Gasteiger partial charge in [-0.3, -0.25) is 0 Å². The predicted octanol–water partition coefficient (Wildman–Crippen LogP) is 4.70. The molecule has 1 aliphatic rings. The van der Waals surface area contributed by atoms with Crippen LogP contribution in [0.3, 0.4) is 0 Å². The van der Waals surface area contributed by atoms with Crippen molar-refractivity contribution in [2.75, 3.05) is 6.61 Å². The maximum Gasteiger partial charge on any atom is 0.338 e. The Hall–Kier alpha value is -2.88. The van der Waals surface area contributed by atoms with Crippen LogP contribution in [0.1, 0.15) is 43.7 Å². The monoisotopic (exact) mass is 352 g/mol. The van der Waals surface area contributed by atoms with Crippen LogP contribution >= 0.6 is 0 Å². The minimum Gasteiger partial charge on any atom is -0.462 e. The Morgan fingerprint density at radius 3 is 2.42 bits per heavy atom. The van der Waals surface area contributed by atoms with E-state index in [1.807, 2.05) is 31.2 Å². The van der Waals surface area contributed by atoms with Gasteiger partial charge in [-0.1, -0.05) is 50.4 Å². The summed E-state index contributed by atoms with van der Waals surface area (Å²) in [5.41, 5.74) is 3.82. The summed E-state index contributed by atoms with van der Waals surface area (Å²) in [5.74, 6) is -0.0169. The Morgan fingerprint density at radius 1 is 1.19 bits per heavy atom. The minimum atomic E-state index is -0.407. The third-order valence-electron chi connectivity index (χ3n) is 4.18. The Kier molecular flexibility index (Phi) is 6.73. The topological polar surface area (TPSA) is 52.6 Å². The lowest BCUT2D eigenvalue weighted by molar-refractivity contribution is -0.138. The molecule has 1 aromatic rings. The van der Waals surface area contributed by atoms with Gasteiger partial charge in [-0.05, 0) is 36.1 Å². The lowest BCUT2D eigenvalue weighted by atomic mass is 9.93. The molecule has 1 unspecified atom stereocenters. The fourth-order valence-electron chi connectivity index (χ4n) is 2.54. The highest BCUT2D eigenvalue weighted by Crippen LogP contribution is 2.28. The zero-order valence-corrected chi connectivity index (χ0v) is 15.3. The maximum atomic E-state index is 11.6. The number of carbonyl (C=O) groups is 2. The minimum absolute atomic E-state index is 0.112. The molecule has 0 bridgehead atoms. The third-order valence-corrected chi connectivity index (χ3v) is 4.18. The molecule has 0 saturated carbocycles. The van der Waals surface area contributed by atoms with Gasteiger partial charge in [0, 0.05) is 24.0 Å². The average molecular weight is 352 g/mol. The highest BCUT2D eigenvalue weighted by molar-refractivity contribution is 5.87. The van der Waals surface area contributed by atoms with E-state index in [1.54, 1.807) is 6.92 Å². The van der Waals surface area contributed by atoms with Crippen LogP contribution in [0.4, 0.5) is 0 Å². The number of hydrogen-bond donors (Lipinski definition) is 0. The Bertz CT molecular complexity index is 766. The van der Waals surface area contributed by atoms with Crippen molar-refractivity contribution in [1.29, 1.82) is 0 Å². The Balaban J connectivity index is 2.00. The molecular weight excluding hydrogens is 328 g/mol. The van der Waals surface area contributed by atoms with E-state index in [-0.39, 0.29) is 11.9 Å². The fraction of sp³-hybridized carbons (Fsp3) is 0.273. The number of rotatable bonds is 7. The molecule has 0 aliphatic heterocycles. The molecule has 0 aromatic heterocycles. The lowest BCUT2D eigenvalue weighted by Crippen LogP contribution is -2.08. The zero-order valence-electron chi connectivity index (χ0n) is 15.3. The molecule has 1 atom stereocenters. The first-order valence-electron chi connectivity index (χ1n) is 8.57. The third kappa shape index (κ3) is 5.31. The normalized spacial score (nSPS) is 14.5. The summed E-state index contributed by atoms with van der Waals surface area (Å²) in [5, 5.41) is 0. The summed E-state index contributed by atoms with van der Waals surface area (Å²) >= 11 is 0. The molecule has 0 radical (unpaired) electrons. The van der Waals surface area contributed by atoms with Crippen molar-refractivity contribution >= 4 is 17.5 Å². The summed E-state index contributed by atoms with van der Waals surface area (Å²) in [7, 11) is 0. The van der Waals surface area contributed by atoms with Gasteiger partial charge in [0.2, 0.25) is 0 Å². The number of benzene rings is 1. The lowest BCUT2D eigenvalue weighted by Gasteiger charge is -2.16. The largest absolute Gasteiger partial charge is 0.462 e. The van der Waals surface area contributed by atoms with Crippen molar-refractivity contribution in [1.82, 2.24) is 0 Å². The summed E-state index contributed by atoms with van der Waals surface area (Å²) in [6.07, 6.45) is 6.47. The van der Waals surface area contributed by atoms with Gasteiger partial charge in [-0.15, -0.1) is 0 Å². The number of ether oxygens (including phenoxy) is 2. The Labute approximate surface area is 154 Å². The molecule has 0 amide bonds. The van der Waals surface area contributed by atoms with Crippen molar-refractivity contribution in [3.63, 3.8) is 0 Å². The average Bonchev–Trinajstić information content (AvgIpc) is 2.66. The van der Waals surface area contributed by atoms with Gasteiger partial charge in [0.1, 0.15) is 5.76 Å². The molecule has 26 heavy (non-hydrogen) atoms. The summed E-state index contributed by atoms with van der Waals surface area (Å²) in [6.45, 7) is 10.9. The molecule has 0 spiro atoms. The van der Waals surface area contributed by atoms with Crippen molar-refractivity contribution in [2.24, 2.45) is 0 Å². The van der Waals surface area contributed by atoms with Crippen LogP contribution in [0.15, 0.2) is 67.0 Å². The van der Waals surface area contributed by atoms with Crippen LogP contribution in [0, 0.1) is 0 Å². The first kappa shape index (κ1) is 19.4. The smallest absolute Gasteiger partial charge is 0.338 e. The van der Waals surface area contributed by atoms with Gasteiger partial charge in [0.05, 0.1) is 6.61 Å². The molecule has 4 heteroatoms. The summed E-state index contributed by atoms with van der Waals surface area (Å²) < 4.78 is 10.4. The molecule has 0 heterocycles. The van der Waals surface area contributed by atoms with Crippen LogP contribution in [-0.2, 0) is 19.1 Å². The van der Waals surface area contributed by atoms with Crippen LogP contribution in [0.25, 0.3) is 5.57 Å². The van der Waals surface area contributed by atoms with Crippen molar-refractivity contribution in [3.05, 3.63) is 78.1 Å². The number of carbonyl (C=O) groups excluding carboxylic acids is 2. The second kappa shape index (κ2) is 8.99. The summed E-state index contributed by atoms with van der Waals surface area (Å²) in [4.78, 5) is 22.7. The van der Waals surface area contributed by atoms with Gasteiger partial charge in [0.15, 0.2) is 0 Å². The van der Waals surface area contributed by atoms with Crippen LogP contribution in [0.5, 0.6) is 0 Å². The van der Waals surface area contributed by atoms with Crippen LogP contribution < -0.4 is 0 Å². The first-order chi connectivity index (χ1) is 12.4. The fourth-order valence-corrected chi connectivity index (χ4v) is 2.54. The summed E-state index contributed by atoms with van der Waals surface area (Å²) in [6, 6.07) is 8.21. The van der Waals surface area contributed by atoms with E-state index < -0.39 is 5.97 Å². The van der Waals surface area contributed by atoms with Crippen molar-refractivity contribution < 1.29 is 19.1 Å². The van der Waals surface area contributed by atoms with Crippen LogP contribution in [-0.4, -0.2) is 18.5 Å². The van der Waals surface area contributed by atoms with Gasteiger partial charge >= 0.3 is 11.9 Å².